The van der Waals surface area contributed by atoms with Crippen molar-refractivity contribution in [2.24, 2.45) is 0 Å². The molecular formula is C11H4N3S. The van der Waals surface area contributed by atoms with Gasteiger partial charge in [-0.15, -0.1) is 11.3 Å². The fourth-order valence-corrected chi connectivity index (χ4v) is 1.82. The van der Waals surface area contributed by atoms with Crippen LogP contribution in [0.2, 0.25) is 0 Å². The Bertz CT molecular complexity index is 559. The highest BCUT2D eigenvalue weighted by Crippen LogP contribution is 2.25. The zero-order valence-electron chi connectivity index (χ0n) is 7.56. The molecule has 4 heteroatoms. The molecule has 2 rings (SSSR count). The van der Waals surface area contributed by atoms with Crippen LogP contribution in [0.5, 0.6) is 0 Å². The third kappa shape index (κ3) is 1.71. The number of rotatable bonds is 1. The van der Waals surface area contributed by atoms with E-state index in [0.29, 0.717) is 11.1 Å². The van der Waals surface area contributed by atoms with Crippen LogP contribution in [0.1, 0.15) is 11.1 Å². The first-order valence-corrected chi connectivity index (χ1v) is 4.93. The number of benzene rings is 1. The summed E-state index contributed by atoms with van der Waals surface area (Å²) in [6.07, 6.45) is 1.57. The van der Waals surface area contributed by atoms with Crippen LogP contribution in [0.25, 0.3) is 10.6 Å². The van der Waals surface area contributed by atoms with Crippen molar-refractivity contribution in [1.29, 1.82) is 10.5 Å². The second kappa shape index (κ2) is 3.91. The van der Waals surface area contributed by atoms with E-state index in [1.807, 2.05) is 6.07 Å². The first-order chi connectivity index (χ1) is 7.35. The number of nitrogens with zero attached hydrogens (tertiary/aromatic N) is 3. The van der Waals surface area contributed by atoms with Crippen LogP contribution in [-0.4, -0.2) is 4.98 Å². The number of hydrogen-bond donors (Lipinski definition) is 0. The lowest BCUT2D eigenvalue weighted by molar-refractivity contribution is 1.39. The Labute approximate surface area is 90.9 Å². The Kier molecular flexibility index (Phi) is 2.45. The van der Waals surface area contributed by atoms with Crippen molar-refractivity contribution in [2.75, 3.05) is 0 Å². The molecule has 0 saturated carbocycles. The first kappa shape index (κ1) is 9.39. The summed E-state index contributed by atoms with van der Waals surface area (Å²) >= 11 is 1.35. The van der Waals surface area contributed by atoms with Crippen molar-refractivity contribution in [2.45, 2.75) is 0 Å². The molecular weight excluding hydrogens is 206 g/mol. The summed E-state index contributed by atoms with van der Waals surface area (Å²) in [6, 6.07) is 9.04. The van der Waals surface area contributed by atoms with Crippen LogP contribution < -0.4 is 0 Å². The van der Waals surface area contributed by atoms with Gasteiger partial charge in [0.1, 0.15) is 5.01 Å². The molecule has 0 aliphatic heterocycles. The van der Waals surface area contributed by atoms with Crippen molar-refractivity contribution in [1.82, 2.24) is 4.98 Å². The van der Waals surface area contributed by atoms with E-state index < -0.39 is 0 Å². The molecule has 0 saturated heterocycles. The zero-order valence-corrected chi connectivity index (χ0v) is 8.38. The summed E-state index contributed by atoms with van der Waals surface area (Å²) in [6.45, 7) is 0. The van der Waals surface area contributed by atoms with E-state index in [1.165, 1.54) is 11.3 Å². The maximum Gasteiger partial charge on any atom is 0.125 e. The summed E-state index contributed by atoms with van der Waals surface area (Å²) < 4.78 is 0. The minimum Gasteiger partial charge on any atom is -0.244 e. The first-order valence-electron chi connectivity index (χ1n) is 4.11. The number of aromatic nitrogens is 1. The highest BCUT2D eigenvalue weighted by molar-refractivity contribution is 7.12. The molecule has 2 aromatic rings. The van der Waals surface area contributed by atoms with E-state index in [1.54, 1.807) is 24.4 Å². The molecule has 1 aromatic carbocycles. The van der Waals surface area contributed by atoms with Gasteiger partial charge in [0.2, 0.25) is 0 Å². The van der Waals surface area contributed by atoms with E-state index in [-0.39, 0.29) is 0 Å². The van der Waals surface area contributed by atoms with Gasteiger partial charge in [-0.2, -0.15) is 10.5 Å². The Morgan fingerprint density at radius 3 is 2.73 bits per heavy atom. The standard InChI is InChI=1S/C11H4N3S/c12-6-8-1-2-10(9(5-8)7-13)11-14-3-4-15-11/h1-3,5H. The average molecular weight is 210 g/mol. The van der Waals surface area contributed by atoms with Gasteiger partial charge in [0.15, 0.2) is 0 Å². The smallest absolute Gasteiger partial charge is 0.125 e. The van der Waals surface area contributed by atoms with E-state index in [4.69, 9.17) is 10.5 Å². The van der Waals surface area contributed by atoms with Gasteiger partial charge in [-0.1, -0.05) is 0 Å². The van der Waals surface area contributed by atoms with E-state index in [2.05, 4.69) is 16.4 Å². The molecule has 0 aliphatic rings. The summed E-state index contributed by atoms with van der Waals surface area (Å²) in [5.41, 5.74) is 1.70. The Morgan fingerprint density at radius 1 is 1.27 bits per heavy atom. The SMILES string of the molecule is N#Cc1ccc(-c2nc[c]s2)c(C#N)c1. The minimum atomic E-state index is 0.470. The van der Waals surface area contributed by atoms with Crippen LogP contribution in [0, 0.1) is 28.0 Å². The van der Waals surface area contributed by atoms with Crippen molar-refractivity contribution in [3.8, 4) is 22.7 Å². The van der Waals surface area contributed by atoms with Gasteiger partial charge in [0.25, 0.3) is 0 Å². The number of thiazole rings is 1. The topological polar surface area (TPSA) is 60.5 Å². The van der Waals surface area contributed by atoms with Crippen molar-refractivity contribution in [3.05, 3.63) is 40.9 Å². The molecule has 1 aromatic heterocycles. The third-order valence-corrected chi connectivity index (χ3v) is 2.63. The highest BCUT2D eigenvalue weighted by Gasteiger charge is 2.07. The largest absolute Gasteiger partial charge is 0.244 e. The Morgan fingerprint density at radius 2 is 2.13 bits per heavy atom. The monoisotopic (exact) mass is 210 g/mol. The molecule has 0 bridgehead atoms. The van der Waals surface area contributed by atoms with Crippen LogP contribution >= 0.6 is 11.3 Å². The Balaban J connectivity index is 2.60. The predicted molar refractivity (Wildman–Crippen MR) is 55.8 cm³/mol. The van der Waals surface area contributed by atoms with Crippen LogP contribution in [0.4, 0.5) is 0 Å². The van der Waals surface area contributed by atoms with Gasteiger partial charge < -0.3 is 0 Å². The fraction of sp³-hybridized carbons (Fsp3) is 0. The molecule has 69 valence electrons. The molecule has 0 atom stereocenters. The normalized spacial score (nSPS) is 9.20. The number of nitriles is 2. The molecule has 15 heavy (non-hydrogen) atoms. The average Bonchev–Trinajstić information content (AvgIpc) is 2.81. The lowest BCUT2D eigenvalue weighted by Crippen LogP contribution is -1.85. The van der Waals surface area contributed by atoms with Gasteiger partial charge in [-0.25, -0.2) is 4.98 Å². The van der Waals surface area contributed by atoms with Gasteiger partial charge in [-0.3, -0.25) is 0 Å². The molecule has 0 fully saturated rings. The van der Waals surface area contributed by atoms with Crippen LogP contribution in [0.15, 0.2) is 24.4 Å². The van der Waals surface area contributed by atoms with Crippen molar-refractivity contribution >= 4 is 11.3 Å². The lowest BCUT2D eigenvalue weighted by atomic mass is 10.1. The molecule has 0 spiro atoms. The molecule has 1 radical (unpaired) electrons. The summed E-state index contributed by atoms with van der Waals surface area (Å²) in [5.74, 6) is 0. The van der Waals surface area contributed by atoms with E-state index in [0.717, 1.165) is 10.6 Å². The summed E-state index contributed by atoms with van der Waals surface area (Å²) in [5, 5.41) is 21.3. The summed E-state index contributed by atoms with van der Waals surface area (Å²) in [7, 11) is 0. The van der Waals surface area contributed by atoms with Crippen molar-refractivity contribution in [3.63, 3.8) is 0 Å². The van der Waals surface area contributed by atoms with E-state index in [9.17, 15) is 0 Å². The molecule has 0 N–H and O–H groups in total. The van der Waals surface area contributed by atoms with Gasteiger partial charge in [0, 0.05) is 11.8 Å². The molecule has 3 nitrogen and oxygen atoms in total. The lowest BCUT2D eigenvalue weighted by Gasteiger charge is -1.99. The summed E-state index contributed by atoms with van der Waals surface area (Å²) in [4.78, 5) is 4.08. The fourth-order valence-electron chi connectivity index (χ4n) is 1.21. The van der Waals surface area contributed by atoms with Gasteiger partial charge >= 0.3 is 0 Å². The van der Waals surface area contributed by atoms with Crippen molar-refractivity contribution < 1.29 is 0 Å². The molecule has 0 aliphatic carbocycles. The molecule has 0 unspecified atom stereocenters. The second-order valence-corrected chi connectivity index (χ2v) is 3.59. The van der Waals surface area contributed by atoms with Crippen LogP contribution in [-0.2, 0) is 0 Å². The highest BCUT2D eigenvalue weighted by atomic mass is 32.1. The number of hydrogen-bond acceptors (Lipinski definition) is 4. The van der Waals surface area contributed by atoms with E-state index >= 15 is 0 Å². The quantitative estimate of drug-likeness (QED) is 0.725. The molecule has 0 amide bonds. The van der Waals surface area contributed by atoms with Gasteiger partial charge in [0.05, 0.1) is 28.6 Å². The minimum absolute atomic E-state index is 0.470. The maximum absolute atomic E-state index is 8.94. The zero-order chi connectivity index (χ0) is 10.7. The van der Waals surface area contributed by atoms with Gasteiger partial charge in [-0.05, 0) is 18.2 Å². The Hall–Kier alpha value is -2.17. The van der Waals surface area contributed by atoms with Crippen LogP contribution in [0.3, 0.4) is 0 Å². The maximum atomic E-state index is 8.94. The molecule has 1 heterocycles. The third-order valence-electron chi connectivity index (χ3n) is 1.89. The predicted octanol–water partition coefficient (Wildman–Crippen LogP) is 2.35. The second-order valence-electron chi connectivity index (χ2n) is 2.77.